The molecule has 1 aromatic rings. The molecule has 0 saturated carbocycles. The highest BCUT2D eigenvalue weighted by Crippen LogP contribution is 2.24. The lowest BCUT2D eigenvalue weighted by atomic mass is 10.0. The van der Waals surface area contributed by atoms with Crippen molar-refractivity contribution in [3.63, 3.8) is 0 Å². The summed E-state index contributed by atoms with van der Waals surface area (Å²) in [6.07, 6.45) is 7.11. The van der Waals surface area contributed by atoms with E-state index in [9.17, 15) is 4.79 Å². The summed E-state index contributed by atoms with van der Waals surface area (Å²) in [5.74, 6) is 0.972. The second kappa shape index (κ2) is 6.19. The third kappa shape index (κ3) is 2.97. The Hall–Kier alpha value is -1.36. The van der Waals surface area contributed by atoms with Crippen molar-refractivity contribution >= 4 is 5.97 Å². The van der Waals surface area contributed by atoms with Crippen molar-refractivity contribution in [2.45, 2.75) is 45.2 Å². The molecule has 0 radical (unpaired) electrons. The van der Waals surface area contributed by atoms with Gasteiger partial charge in [-0.2, -0.15) is 0 Å². The average Bonchev–Trinajstić information content (AvgIpc) is 2.94. The predicted molar refractivity (Wildman–Crippen MR) is 72.9 cm³/mol. The maximum Gasteiger partial charge on any atom is 0.322 e. The van der Waals surface area contributed by atoms with Gasteiger partial charge in [0.2, 0.25) is 0 Å². The molecule has 0 aliphatic carbocycles. The number of rotatable bonds is 4. The highest BCUT2D eigenvalue weighted by atomic mass is 16.5. The molecule has 19 heavy (non-hydrogen) atoms. The molecule has 0 bridgehead atoms. The van der Waals surface area contributed by atoms with Gasteiger partial charge < -0.3 is 9.30 Å². The van der Waals surface area contributed by atoms with Gasteiger partial charge in [-0.25, -0.2) is 4.98 Å². The lowest BCUT2D eigenvalue weighted by Gasteiger charge is -2.36. The molecule has 1 aromatic heterocycles. The minimum Gasteiger partial charge on any atom is -0.468 e. The number of nitrogens with zero attached hydrogens (tertiary/aromatic N) is 3. The fourth-order valence-corrected chi connectivity index (χ4v) is 2.83. The van der Waals surface area contributed by atoms with Crippen molar-refractivity contribution in [3.05, 3.63) is 18.2 Å². The van der Waals surface area contributed by atoms with Crippen LogP contribution in [0.25, 0.3) is 0 Å². The summed E-state index contributed by atoms with van der Waals surface area (Å²) < 4.78 is 7.10. The Balaban J connectivity index is 2.07. The van der Waals surface area contributed by atoms with Crippen LogP contribution in [0.2, 0.25) is 0 Å². The molecule has 2 rings (SSSR count). The molecule has 1 aliphatic rings. The zero-order valence-corrected chi connectivity index (χ0v) is 12.0. The summed E-state index contributed by atoms with van der Waals surface area (Å²) in [7, 11) is 1.45. The van der Waals surface area contributed by atoms with Crippen LogP contribution in [0.3, 0.4) is 0 Å². The first-order chi connectivity index (χ1) is 9.17. The van der Waals surface area contributed by atoms with Crippen molar-refractivity contribution in [1.29, 1.82) is 0 Å². The third-order valence-electron chi connectivity index (χ3n) is 3.98. The van der Waals surface area contributed by atoms with Gasteiger partial charge in [-0.05, 0) is 26.3 Å². The van der Waals surface area contributed by atoms with E-state index in [-0.39, 0.29) is 12.0 Å². The van der Waals surface area contributed by atoms with E-state index in [1.165, 1.54) is 7.11 Å². The number of esters is 1. The van der Waals surface area contributed by atoms with Crippen LogP contribution in [0.4, 0.5) is 0 Å². The Morgan fingerprint density at radius 2 is 2.42 bits per heavy atom. The van der Waals surface area contributed by atoms with E-state index >= 15 is 0 Å². The van der Waals surface area contributed by atoms with Crippen LogP contribution < -0.4 is 0 Å². The van der Waals surface area contributed by atoms with Gasteiger partial charge in [0.25, 0.3) is 0 Å². The Morgan fingerprint density at radius 1 is 1.63 bits per heavy atom. The number of aromatic nitrogens is 2. The fourth-order valence-electron chi connectivity index (χ4n) is 2.83. The standard InChI is InChI=1S/C14H23N3O2/c1-4-13-15-7-9-17(13)12-6-5-8-16(10-12)11(2)14(18)19-3/h7,9,11-12H,4-6,8,10H2,1-3H3. The first-order valence-corrected chi connectivity index (χ1v) is 7.01. The van der Waals surface area contributed by atoms with E-state index in [4.69, 9.17) is 4.74 Å². The highest BCUT2D eigenvalue weighted by Gasteiger charge is 2.29. The highest BCUT2D eigenvalue weighted by molar-refractivity contribution is 5.75. The molecule has 2 atom stereocenters. The van der Waals surface area contributed by atoms with Crippen LogP contribution in [0.5, 0.6) is 0 Å². The molecular formula is C14H23N3O2. The van der Waals surface area contributed by atoms with Crippen molar-refractivity contribution in [2.24, 2.45) is 0 Å². The number of aryl methyl sites for hydroxylation is 1. The van der Waals surface area contributed by atoms with Gasteiger partial charge in [0.05, 0.1) is 7.11 Å². The quantitative estimate of drug-likeness (QED) is 0.777. The second-order valence-electron chi connectivity index (χ2n) is 5.09. The van der Waals surface area contributed by atoms with E-state index < -0.39 is 0 Å². The Labute approximate surface area is 114 Å². The van der Waals surface area contributed by atoms with Crippen molar-refractivity contribution in [2.75, 3.05) is 20.2 Å². The molecule has 5 heteroatoms. The van der Waals surface area contributed by atoms with Gasteiger partial charge in [-0.3, -0.25) is 9.69 Å². The maximum absolute atomic E-state index is 11.6. The first kappa shape index (κ1) is 14.1. The molecule has 2 heterocycles. The van der Waals surface area contributed by atoms with Gasteiger partial charge in [0.15, 0.2) is 0 Å². The molecule has 1 aliphatic heterocycles. The maximum atomic E-state index is 11.6. The van der Waals surface area contributed by atoms with Crippen LogP contribution in [0.1, 0.15) is 38.6 Å². The van der Waals surface area contributed by atoms with Gasteiger partial charge >= 0.3 is 5.97 Å². The second-order valence-corrected chi connectivity index (χ2v) is 5.09. The molecule has 2 unspecified atom stereocenters. The summed E-state index contributed by atoms with van der Waals surface area (Å²) in [6.45, 7) is 5.89. The van der Waals surface area contributed by atoms with E-state index in [1.54, 1.807) is 0 Å². The number of methoxy groups -OCH3 is 1. The number of carbonyl (C=O) groups is 1. The Kier molecular flexibility index (Phi) is 4.58. The molecule has 5 nitrogen and oxygen atoms in total. The fraction of sp³-hybridized carbons (Fsp3) is 0.714. The SMILES string of the molecule is CCc1nccn1C1CCCN(C(C)C(=O)OC)C1. The van der Waals surface area contributed by atoms with Gasteiger partial charge in [-0.15, -0.1) is 0 Å². The molecule has 1 fully saturated rings. The molecule has 0 spiro atoms. The van der Waals surface area contributed by atoms with Gasteiger partial charge in [0, 0.05) is 31.4 Å². The van der Waals surface area contributed by atoms with Crippen LogP contribution in [-0.2, 0) is 16.0 Å². The summed E-state index contributed by atoms with van der Waals surface area (Å²) in [5.41, 5.74) is 0. The Morgan fingerprint density at radius 3 is 3.11 bits per heavy atom. The number of hydrogen-bond donors (Lipinski definition) is 0. The zero-order chi connectivity index (χ0) is 13.8. The predicted octanol–water partition coefficient (Wildman–Crippen LogP) is 1.64. The zero-order valence-electron chi connectivity index (χ0n) is 12.0. The van der Waals surface area contributed by atoms with E-state index in [0.717, 1.165) is 38.2 Å². The lowest BCUT2D eigenvalue weighted by Crippen LogP contribution is -2.46. The van der Waals surface area contributed by atoms with Gasteiger partial charge in [-0.1, -0.05) is 6.92 Å². The van der Waals surface area contributed by atoms with Crippen LogP contribution in [0.15, 0.2) is 12.4 Å². The largest absolute Gasteiger partial charge is 0.468 e. The molecule has 0 amide bonds. The van der Waals surface area contributed by atoms with Crippen LogP contribution >= 0.6 is 0 Å². The minimum absolute atomic E-state index is 0.151. The molecule has 0 aromatic carbocycles. The van der Waals surface area contributed by atoms with Crippen molar-refractivity contribution in [3.8, 4) is 0 Å². The van der Waals surface area contributed by atoms with E-state index in [0.29, 0.717) is 6.04 Å². The third-order valence-corrected chi connectivity index (χ3v) is 3.98. The normalized spacial score (nSPS) is 22.2. The van der Waals surface area contributed by atoms with E-state index in [2.05, 4.69) is 27.6 Å². The van der Waals surface area contributed by atoms with Gasteiger partial charge in [0.1, 0.15) is 11.9 Å². The van der Waals surface area contributed by atoms with Crippen LogP contribution in [0, 0.1) is 0 Å². The molecule has 1 saturated heterocycles. The minimum atomic E-state index is -0.165. The number of ether oxygens (including phenoxy) is 1. The summed E-state index contributed by atoms with van der Waals surface area (Å²) in [5, 5.41) is 0. The summed E-state index contributed by atoms with van der Waals surface area (Å²) in [6, 6.07) is 0.250. The lowest BCUT2D eigenvalue weighted by molar-refractivity contribution is -0.146. The molecule has 106 valence electrons. The number of imidazole rings is 1. The monoisotopic (exact) mass is 265 g/mol. The molecular weight excluding hydrogens is 242 g/mol. The number of hydrogen-bond acceptors (Lipinski definition) is 4. The number of piperidine rings is 1. The van der Waals surface area contributed by atoms with Crippen LogP contribution in [-0.4, -0.2) is 46.7 Å². The Bertz CT molecular complexity index is 430. The smallest absolute Gasteiger partial charge is 0.322 e. The number of likely N-dealkylation sites (tertiary alicyclic amines) is 1. The average molecular weight is 265 g/mol. The first-order valence-electron chi connectivity index (χ1n) is 7.01. The van der Waals surface area contributed by atoms with E-state index in [1.807, 2.05) is 13.1 Å². The topological polar surface area (TPSA) is 47.4 Å². The van der Waals surface area contributed by atoms with Crippen molar-refractivity contribution in [1.82, 2.24) is 14.5 Å². The summed E-state index contributed by atoms with van der Waals surface area (Å²) in [4.78, 5) is 18.2. The van der Waals surface area contributed by atoms with Crippen molar-refractivity contribution < 1.29 is 9.53 Å². The number of carbonyl (C=O) groups excluding carboxylic acids is 1. The summed E-state index contributed by atoms with van der Waals surface area (Å²) >= 11 is 0. The molecule has 0 N–H and O–H groups in total.